The Bertz CT molecular complexity index is 698. The van der Waals surface area contributed by atoms with Gasteiger partial charge in [-0.1, -0.05) is 24.3 Å². The summed E-state index contributed by atoms with van der Waals surface area (Å²) in [5.41, 5.74) is 1.49. The van der Waals surface area contributed by atoms with E-state index in [-0.39, 0.29) is 11.6 Å². The van der Waals surface area contributed by atoms with Crippen molar-refractivity contribution in [2.24, 2.45) is 0 Å². The van der Waals surface area contributed by atoms with Crippen LogP contribution in [0.3, 0.4) is 0 Å². The molecule has 0 aliphatic carbocycles. The van der Waals surface area contributed by atoms with Gasteiger partial charge in [-0.05, 0) is 48.2 Å². The number of sulfonamides is 1. The van der Waals surface area contributed by atoms with Crippen LogP contribution in [0.4, 0.5) is 8.78 Å². The summed E-state index contributed by atoms with van der Waals surface area (Å²) in [6, 6.07) is 11.5. The molecular formula is C16H17F2NO2S. The van der Waals surface area contributed by atoms with Crippen LogP contribution in [0.5, 0.6) is 0 Å². The van der Waals surface area contributed by atoms with Gasteiger partial charge in [-0.3, -0.25) is 0 Å². The minimum absolute atomic E-state index is 0.177. The number of nitrogens with one attached hydrogen (secondary N) is 1. The van der Waals surface area contributed by atoms with Crippen LogP contribution in [0.1, 0.15) is 17.5 Å². The zero-order valence-corrected chi connectivity index (χ0v) is 12.7. The molecule has 0 heterocycles. The molecule has 0 saturated heterocycles. The number of rotatable bonds is 7. The topological polar surface area (TPSA) is 46.2 Å². The lowest BCUT2D eigenvalue weighted by Crippen LogP contribution is -2.26. The third kappa shape index (κ3) is 5.54. The number of hydrogen-bond acceptors (Lipinski definition) is 2. The monoisotopic (exact) mass is 325 g/mol. The van der Waals surface area contributed by atoms with Crippen molar-refractivity contribution >= 4 is 10.0 Å². The van der Waals surface area contributed by atoms with E-state index < -0.39 is 15.8 Å². The van der Waals surface area contributed by atoms with Crippen molar-refractivity contribution < 1.29 is 17.2 Å². The Labute approximate surface area is 129 Å². The molecule has 2 aromatic rings. The Morgan fingerprint density at radius 1 is 0.818 bits per heavy atom. The lowest BCUT2D eigenvalue weighted by molar-refractivity contribution is 0.577. The third-order valence-electron chi connectivity index (χ3n) is 3.15. The van der Waals surface area contributed by atoms with Crippen LogP contribution in [-0.2, 0) is 22.2 Å². The molecule has 2 rings (SSSR count). The smallest absolute Gasteiger partial charge is 0.215 e. The SMILES string of the molecule is O=S(=O)(Cc1ccc(F)cc1)NCCCc1ccc(F)cc1. The van der Waals surface area contributed by atoms with Crippen molar-refractivity contribution in [1.82, 2.24) is 4.72 Å². The molecule has 0 unspecified atom stereocenters. The summed E-state index contributed by atoms with van der Waals surface area (Å²) in [5.74, 6) is -0.860. The molecule has 0 bridgehead atoms. The first-order chi connectivity index (χ1) is 10.4. The summed E-state index contributed by atoms with van der Waals surface area (Å²) < 4.78 is 51.8. The molecule has 1 N–H and O–H groups in total. The van der Waals surface area contributed by atoms with Gasteiger partial charge in [0.15, 0.2) is 0 Å². The van der Waals surface area contributed by atoms with Crippen molar-refractivity contribution in [2.75, 3.05) is 6.54 Å². The highest BCUT2D eigenvalue weighted by Crippen LogP contribution is 2.08. The van der Waals surface area contributed by atoms with Crippen molar-refractivity contribution in [1.29, 1.82) is 0 Å². The molecule has 3 nitrogen and oxygen atoms in total. The largest absolute Gasteiger partial charge is 0.215 e. The molecule has 0 atom stereocenters. The van der Waals surface area contributed by atoms with Gasteiger partial charge in [-0.15, -0.1) is 0 Å². The maximum absolute atomic E-state index is 12.8. The van der Waals surface area contributed by atoms with Crippen LogP contribution in [0.15, 0.2) is 48.5 Å². The average Bonchev–Trinajstić information content (AvgIpc) is 2.48. The van der Waals surface area contributed by atoms with Crippen molar-refractivity contribution in [3.05, 3.63) is 71.3 Å². The van der Waals surface area contributed by atoms with Gasteiger partial charge in [-0.25, -0.2) is 21.9 Å². The van der Waals surface area contributed by atoms with Crippen LogP contribution in [0, 0.1) is 11.6 Å². The molecule has 0 aromatic heterocycles. The molecule has 22 heavy (non-hydrogen) atoms. The normalized spacial score (nSPS) is 11.5. The Morgan fingerprint density at radius 2 is 1.32 bits per heavy atom. The lowest BCUT2D eigenvalue weighted by Gasteiger charge is -2.07. The molecule has 0 aliphatic rings. The molecule has 118 valence electrons. The van der Waals surface area contributed by atoms with E-state index in [1.54, 1.807) is 12.1 Å². The summed E-state index contributed by atoms with van der Waals surface area (Å²) in [5, 5.41) is 0. The highest BCUT2D eigenvalue weighted by atomic mass is 32.2. The van der Waals surface area contributed by atoms with E-state index in [2.05, 4.69) is 4.72 Å². The Kier molecular flexibility index (Phi) is 5.63. The molecule has 0 aliphatic heterocycles. The first-order valence-electron chi connectivity index (χ1n) is 6.91. The van der Waals surface area contributed by atoms with Crippen LogP contribution in [0.25, 0.3) is 0 Å². The number of halogens is 2. The summed E-state index contributed by atoms with van der Waals surface area (Å²) in [6.07, 6.45) is 1.29. The summed E-state index contributed by atoms with van der Waals surface area (Å²) in [7, 11) is -3.44. The molecule has 6 heteroatoms. The van der Waals surface area contributed by atoms with Gasteiger partial charge in [0, 0.05) is 6.54 Å². The second-order valence-electron chi connectivity index (χ2n) is 5.01. The Morgan fingerprint density at radius 3 is 1.86 bits per heavy atom. The van der Waals surface area contributed by atoms with Crippen LogP contribution >= 0.6 is 0 Å². The van der Waals surface area contributed by atoms with Gasteiger partial charge >= 0.3 is 0 Å². The first-order valence-corrected chi connectivity index (χ1v) is 8.56. The van der Waals surface area contributed by atoms with Gasteiger partial charge in [0.2, 0.25) is 10.0 Å². The van der Waals surface area contributed by atoms with E-state index in [4.69, 9.17) is 0 Å². The summed E-state index contributed by atoms with van der Waals surface area (Å²) >= 11 is 0. The molecule has 0 radical (unpaired) electrons. The maximum Gasteiger partial charge on any atom is 0.215 e. The van der Waals surface area contributed by atoms with Crippen LogP contribution in [0.2, 0.25) is 0 Å². The highest BCUT2D eigenvalue weighted by molar-refractivity contribution is 7.88. The van der Waals surface area contributed by atoms with E-state index in [0.29, 0.717) is 24.9 Å². The lowest BCUT2D eigenvalue weighted by atomic mass is 10.1. The highest BCUT2D eigenvalue weighted by Gasteiger charge is 2.10. The van der Waals surface area contributed by atoms with Crippen LogP contribution in [-0.4, -0.2) is 15.0 Å². The van der Waals surface area contributed by atoms with Crippen molar-refractivity contribution in [3.8, 4) is 0 Å². The second-order valence-corrected chi connectivity index (χ2v) is 6.82. The minimum Gasteiger partial charge on any atom is -0.215 e. The van der Waals surface area contributed by atoms with Crippen molar-refractivity contribution in [3.63, 3.8) is 0 Å². The Hall–Kier alpha value is -1.79. The van der Waals surface area contributed by atoms with Gasteiger partial charge in [0.1, 0.15) is 11.6 Å². The zero-order valence-electron chi connectivity index (χ0n) is 11.9. The van der Waals surface area contributed by atoms with Crippen molar-refractivity contribution in [2.45, 2.75) is 18.6 Å². The van der Waals surface area contributed by atoms with E-state index >= 15 is 0 Å². The predicted molar refractivity (Wildman–Crippen MR) is 81.7 cm³/mol. The van der Waals surface area contributed by atoms with E-state index in [9.17, 15) is 17.2 Å². The number of aryl methyl sites for hydroxylation is 1. The zero-order chi connectivity index (χ0) is 16.0. The molecule has 0 fully saturated rings. The number of benzene rings is 2. The average molecular weight is 325 g/mol. The summed E-state index contributed by atoms with van der Waals surface area (Å²) in [4.78, 5) is 0. The van der Waals surface area contributed by atoms with Crippen LogP contribution < -0.4 is 4.72 Å². The minimum atomic E-state index is -3.44. The van der Waals surface area contributed by atoms with E-state index in [0.717, 1.165) is 5.56 Å². The van der Waals surface area contributed by atoms with Gasteiger partial charge < -0.3 is 0 Å². The molecule has 2 aromatic carbocycles. The standard InChI is InChI=1S/C16H17F2NO2S/c17-15-7-3-13(4-8-15)2-1-11-19-22(20,21)12-14-5-9-16(18)10-6-14/h3-10,19H,1-2,11-12H2. The fourth-order valence-corrected chi connectivity index (χ4v) is 3.21. The fraction of sp³-hybridized carbons (Fsp3) is 0.250. The first kappa shape index (κ1) is 16.6. The van der Waals surface area contributed by atoms with E-state index in [1.807, 2.05) is 0 Å². The van der Waals surface area contributed by atoms with Gasteiger partial charge in [0.25, 0.3) is 0 Å². The van der Waals surface area contributed by atoms with Gasteiger partial charge in [0.05, 0.1) is 5.75 Å². The second kappa shape index (κ2) is 7.47. The fourth-order valence-electron chi connectivity index (χ4n) is 2.02. The predicted octanol–water partition coefficient (Wildman–Crippen LogP) is 3.02. The molecule has 0 saturated carbocycles. The molecular weight excluding hydrogens is 308 g/mol. The van der Waals surface area contributed by atoms with E-state index in [1.165, 1.54) is 36.4 Å². The number of hydrogen-bond donors (Lipinski definition) is 1. The summed E-state index contributed by atoms with van der Waals surface area (Å²) in [6.45, 7) is 0.306. The quantitative estimate of drug-likeness (QED) is 0.796. The third-order valence-corrected chi connectivity index (χ3v) is 4.50. The van der Waals surface area contributed by atoms with Gasteiger partial charge in [-0.2, -0.15) is 0 Å². The Balaban J connectivity index is 1.77. The molecule has 0 amide bonds. The molecule has 0 spiro atoms. The maximum atomic E-state index is 12.8.